The average Bonchev–Trinajstić information content (AvgIpc) is 2.41. The van der Waals surface area contributed by atoms with E-state index in [1.54, 1.807) is 12.1 Å². The molecule has 1 aromatic rings. The van der Waals surface area contributed by atoms with Gasteiger partial charge in [-0.15, -0.1) is 0 Å². The van der Waals surface area contributed by atoms with Crippen molar-refractivity contribution in [3.8, 4) is 0 Å². The van der Waals surface area contributed by atoms with E-state index in [4.69, 9.17) is 5.11 Å². The van der Waals surface area contributed by atoms with Crippen molar-refractivity contribution < 1.29 is 24.2 Å². The lowest BCUT2D eigenvalue weighted by atomic mass is 10.1. The summed E-state index contributed by atoms with van der Waals surface area (Å²) < 4.78 is 5.18. The van der Waals surface area contributed by atoms with Crippen molar-refractivity contribution in [3.05, 3.63) is 33.8 Å². The quantitative estimate of drug-likeness (QED) is 0.758. The molecule has 0 fully saturated rings. The van der Waals surface area contributed by atoms with Gasteiger partial charge in [0.2, 0.25) is 0 Å². The summed E-state index contributed by atoms with van der Waals surface area (Å²) in [5.74, 6) is -2.22. The lowest BCUT2D eigenvalue weighted by molar-refractivity contribution is -0.142. The van der Waals surface area contributed by atoms with Gasteiger partial charge in [0.05, 0.1) is 7.11 Å². The molecule has 6 nitrogen and oxygen atoms in total. The molecule has 7 heteroatoms. The first-order valence-corrected chi connectivity index (χ1v) is 7.00. The number of halogens is 1. The lowest BCUT2D eigenvalue weighted by Crippen LogP contribution is -2.41. The highest BCUT2D eigenvalue weighted by molar-refractivity contribution is 9.10. The number of hydrogen-bond donors (Lipinski definition) is 2. The molecule has 1 rings (SSSR count). The molecule has 1 atom stereocenters. The Morgan fingerprint density at radius 2 is 2.00 bits per heavy atom. The van der Waals surface area contributed by atoms with E-state index < -0.39 is 23.9 Å². The maximum absolute atomic E-state index is 12.1. The summed E-state index contributed by atoms with van der Waals surface area (Å²) in [6, 6.07) is 3.94. The topological polar surface area (TPSA) is 92.7 Å². The monoisotopic (exact) mass is 357 g/mol. The van der Waals surface area contributed by atoms with Gasteiger partial charge in [-0.2, -0.15) is 0 Å². The van der Waals surface area contributed by atoms with E-state index in [0.29, 0.717) is 5.56 Å². The summed E-state index contributed by atoms with van der Waals surface area (Å²) in [6.45, 7) is 1.83. The van der Waals surface area contributed by atoms with E-state index in [-0.39, 0.29) is 12.8 Å². The molecule has 0 bridgehead atoms. The predicted molar refractivity (Wildman–Crippen MR) is 79.0 cm³/mol. The zero-order valence-electron chi connectivity index (χ0n) is 11.7. The number of amides is 1. The molecule has 21 heavy (non-hydrogen) atoms. The summed E-state index contributed by atoms with van der Waals surface area (Å²) in [5, 5.41) is 11.5. The van der Waals surface area contributed by atoms with Crippen molar-refractivity contribution in [2.75, 3.05) is 7.11 Å². The number of aryl methyl sites for hydroxylation is 1. The fraction of sp³-hybridized carbons (Fsp3) is 0.357. The number of carboxylic acid groups (broad SMARTS) is 1. The van der Waals surface area contributed by atoms with Gasteiger partial charge in [0.15, 0.2) is 0 Å². The number of carbonyl (C=O) groups is 3. The smallest absolute Gasteiger partial charge is 0.326 e. The van der Waals surface area contributed by atoms with Crippen molar-refractivity contribution in [1.82, 2.24) is 5.32 Å². The normalized spacial score (nSPS) is 11.6. The maximum atomic E-state index is 12.1. The van der Waals surface area contributed by atoms with Gasteiger partial charge >= 0.3 is 11.9 Å². The van der Waals surface area contributed by atoms with Gasteiger partial charge < -0.3 is 15.2 Å². The Hall–Kier alpha value is -1.89. The molecule has 0 spiro atoms. The lowest BCUT2D eigenvalue weighted by Gasteiger charge is -2.14. The van der Waals surface area contributed by atoms with E-state index >= 15 is 0 Å². The number of carboxylic acids is 1. The van der Waals surface area contributed by atoms with E-state index in [0.717, 1.165) is 10.0 Å². The second-order valence-corrected chi connectivity index (χ2v) is 5.41. The molecule has 0 aromatic heterocycles. The third kappa shape index (κ3) is 5.55. The SMILES string of the molecule is COC(=O)CCC(NC(=O)c1cc(C)cc(Br)c1)C(=O)O. The van der Waals surface area contributed by atoms with Crippen LogP contribution in [0.3, 0.4) is 0 Å². The third-order valence-electron chi connectivity index (χ3n) is 2.77. The van der Waals surface area contributed by atoms with Crippen molar-refractivity contribution >= 4 is 33.8 Å². The molecule has 0 aliphatic heterocycles. The second kappa shape index (κ2) is 7.78. The van der Waals surface area contributed by atoms with Crippen LogP contribution >= 0.6 is 15.9 Å². The summed E-state index contributed by atoms with van der Waals surface area (Å²) in [6.07, 6.45) is -0.105. The van der Waals surface area contributed by atoms with E-state index in [9.17, 15) is 14.4 Å². The van der Waals surface area contributed by atoms with Gasteiger partial charge in [-0.25, -0.2) is 4.79 Å². The molecule has 114 valence electrons. The summed E-state index contributed by atoms with van der Waals surface area (Å²) in [4.78, 5) is 34.2. The van der Waals surface area contributed by atoms with Gasteiger partial charge in [0.25, 0.3) is 5.91 Å². The minimum atomic E-state index is -1.20. The zero-order chi connectivity index (χ0) is 16.0. The number of carbonyl (C=O) groups excluding carboxylic acids is 2. The average molecular weight is 358 g/mol. The van der Waals surface area contributed by atoms with Gasteiger partial charge in [0, 0.05) is 16.5 Å². The van der Waals surface area contributed by atoms with Crippen LogP contribution in [0.2, 0.25) is 0 Å². The molecule has 1 unspecified atom stereocenters. The van der Waals surface area contributed by atoms with Crippen LogP contribution < -0.4 is 5.32 Å². The minimum absolute atomic E-state index is 0.0271. The Morgan fingerprint density at radius 1 is 1.33 bits per heavy atom. The van der Waals surface area contributed by atoms with Gasteiger partial charge in [-0.3, -0.25) is 9.59 Å². The molecule has 0 saturated carbocycles. The standard InChI is InChI=1S/C14H16BrNO5/c1-8-5-9(7-10(15)6-8)13(18)16-11(14(19)20)3-4-12(17)21-2/h5-7,11H,3-4H2,1-2H3,(H,16,18)(H,19,20). The first-order valence-electron chi connectivity index (χ1n) is 6.21. The number of benzene rings is 1. The number of aliphatic carboxylic acids is 1. The molecule has 0 aliphatic rings. The van der Waals surface area contributed by atoms with Crippen LogP contribution in [0.1, 0.15) is 28.8 Å². The van der Waals surface area contributed by atoms with Crippen molar-refractivity contribution in [3.63, 3.8) is 0 Å². The van der Waals surface area contributed by atoms with E-state index in [2.05, 4.69) is 26.0 Å². The second-order valence-electron chi connectivity index (χ2n) is 4.50. The fourth-order valence-corrected chi connectivity index (χ4v) is 2.34. The van der Waals surface area contributed by atoms with E-state index in [1.165, 1.54) is 7.11 Å². The number of rotatable bonds is 6. The minimum Gasteiger partial charge on any atom is -0.480 e. The van der Waals surface area contributed by atoms with Gasteiger partial charge in [0.1, 0.15) is 6.04 Å². The number of ether oxygens (including phenoxy) is 1. The Balaban J connectivity index is 2.76. The first-order chi connectivity index (χ1) is 9.83. The van der Waals surface area contributed by atoms with Crippen LogP contribution in [0, 0.1) is 6.92 Å². The predicted octanol–water partition coefficient (Wildman–Crippen LogP) is 1.89. The van der Waals surface area contributed by atoms with Crippen LogP contribution in [0.15, 0.2) is 22.7 Å². The van der Waals surface area contributed by atoms with Crippen molar-refractivity contribution in [1.29, 1.82) is 0 Å². The molecule has 0 aliphatic carbocycles. The van der Waals surface area contributed by atoms with Crippen LogP contribution in [-0.4, -0.2) is 36.1 Å². The Bertz CT molecular complexity index is 538. The number of nitrogens with one attached hydrogen (secondary N) is 1. The van der Waals surface area contributed by atoms with Crippen molar-refractivity contribution in [2.45, 2.75) is 25.8 Å². The molecular formula is C14H16BrNO5. The Kier molecular flexibility index (Phi) is 6.36. The highest BCUT2D eigenvalue weighted by Crippen LogP contribution is 2.15. The molecule has 0 radical (unpaired) electrons. The molecule has 0 heterocycles. The van der Waals surface area contributed by atoms with Crippen LogP contribution in [0.25, 0.3) is 0 Å². The van der Waals surface area contributed by atoms with Crippen LogP contribution in [0.5, 0.6) is 0 Å². The van der Waals surface area contributed by atoms with Crippen LogP contribution in [0.4, 0.5) is 0 Å². The van der Waals surface area contributed by atoms with Gasteiger partial charge in [-0.05, 0) is 37.1 Å². The molecule has 0 saturated heterocycles. The third-order valence-corrected chi connectivity index (χ3v) is 3.23. The highest BCUT2D eigenvalue weighted by atomic mass is 79.9. The van der Waals surface area contributed by atoms with Crippen molar-refractivity contribution in [2.24, 2.45) is 0 Å². The molecule has 1 aromatic carbocycles. The highest BCUT2D eigenvalue weighted by Gasteiger charge is 2.22. The summed E-state index contributed by atoms with van der Waals surface area (Å²) in [5.41, 5.74) is 1.22. The largest absolute Gasteiger partial charge is 0.480 e. The Morgan fingerprint density at radius 3 is 2.52 bits per heavy atom. The maximum Gasteiger partial charge on any atom is 0.326 e. The zero-order valence-corrected chi connectivity index (χ0v) is 13.3. The number of esters is 1. The molecule has 1 amide bonds. The number of methoxy groups -OCH3 is 1. The molecule has 2 N–H and O–H groups in total. The molecular weight excluding hydrogens is 342 g/mol. The summed E-state index contributed by atoms with van der Waals surface area (Å²) in [7, 11) is 1.22. The van der Waals surface area contributed by atoms with Gasteiger partial charge in [-0.1, -0.05) is 15.9 Å². The van der Waals surface area contributed by atoms with Crippen LogP contribution in [-0.2, 0) is 14.3 Å². The van der Waals surface area contributed by atoms with E-state index in [1.807, 2.05) is 13.0 Å². The number of hydrogen-bond acceptors (Lipinski definition) is 4. The fourth-order valence-electron chi connectivity index (χ4n) is 1.73. The Labute approximate surface area is 130 Å². The summed E-state index contributed by atoms with van der Waals surface area (Å²) >= 11 is 3.28. The first kappa shape index (κ1) is 17.2.